The smallest absolute Gasteiger partial charge is 0.306 e. The van der Waals surface area contributed by atoms with Crippen molar-refractivity contribution in [1.29, 1.82) is 0 Å². The van der Waals surface area contributed by atoms with Gasteiger partial charge in [0.25, 0.3) is 11.6 Å². The summed E-state index contributed by atoms with van der Waals surface area (Å²) >= 11 is 0. The number of hydrogen-bond acceptors (Lipinski definition) is 7. The van der Waals surface area contributed by atoms with Crippen molar-refractivity contribution < 1.29 is 28.7 Å². The van der Waals surface area contributed by atoms with Gasteiger partial charge in [0.2, 0.25) is 0 Å². The third kappa shape index (κ3) is 6.47. The fourth-order valence-electron chi connectivity index (χ4n) is 2.58. The molecule has 0 aromatic heterocycles. The lowest BCUT2D eigenvalue weighted by atomic mass is 10.1. The van der Waals surface area contributed by atoms with Crippen LogP contribution in [0.2, 0.25) is 0 Å². The van der Waals surface area contributed by atoms with E-state index < -0.39 is 23.4 Å². The van der Waals surface area contributed by atoms with Crippen molar-refractivity contribution in [3.8, 4) is 11.5 Å². The lowest BCUT2D eigenvalue weighted by Gasteiger charge is -2.11. The SMILES string of the molecule is COc1ccc(OCCCC(=O)OCC(=O)Nc2c([N+](=O)[O-])ccc(C)c2C)cc1. The van der Waals surface area contributed by atoms with Crippen molar-refractivity contribution in [3.05, 3.63) is 57.6 Å². The fourth-order valence-corrected chi connectivity index (χ4v) is 2.58. The largest absolute Gasteiger partial charge is 0.497 e. The summed E-state index contributed by atoms with van der Waals surface area (Å²) in [5, 5.41) is 13.6. The van der Waals surface area contributed by atoms with Crippen molar-refractivity contribution in [2.75, 3.05) is 25.6 Å². The van der Waals surface area contributed by atoms with E-state index in [0.717, 1.165) is 11.3 Å². The van der Waals surface area contributed by atoms with E-state index in [9.17, 15) is 19.7 Å². The van der Waals surface area contributed by atoms with Crippen LogP contribution in [0.15, 0.2) is 36.4 Å². The van der Waals surface area contributed by atoms with Gasteiger partial charge >= 0.3 is 5.97 Å². The van der Waals surface area contributed by atoms with Gasteiger partial charge in [-0.15, -0.1) is 0 Å². The van der Waals surface area contributed by atoms with Gasteiger partial charge in [-0.1, -0.05) is 6.07 Å². The number of nitrogens with zero attached hydrogens (tertiary/aromatic N) is 1. The number of ether oxygens (including phenoxy) is 3. The average Bonchev–Trinajstić information content (AvgIpc) is 2.73. The third-order valence-corrected chi connectivity index (χ3v) is 4.39. The summed E-state index contributed by atoms with van der Waals surface area (Å²) in [4.78, 5) is 34.5. The number of benzene rings is 2. The van der Waals surface area contributed by atoms with E-state index in [2.05, 4.69) is 5.32 Å². The Bertz CT molecular complexity index is 910. The molecule has 0 heterocycles. The van der Waals surface area contributed by atoms with Gasteiger partial charge in [0.05, 0.1) is 18.6 Å². The molecule has 0 unspecified atom stereocenters. The summed E-state index contributed by atoms with van der Waals surface area (Å²) in [6, 6.07) is 9.98. The molecule has 2 aromatic carbocycles. The maximum atomic E-state index is 12.1. The van der Waals surface area contributed by atoms with E-state index >= 15 is 0 Å². The highest BCUT2D eigenvalue weighted by atomic mass is 16.6. The number of hydrogen-bond donors (Lipinski definition) is 1. The highest BCUT2D eigenvalue weighted by molar-refractivity contribution is 5.96. The van der Waals surface area contributed by atoms with Crippen molar-refractivity contribution in [2.45, 2.75) is 26.7 Å². The highest BCUT2D eigenvalue weighted by Gasteiger charge is 2.20. The highest BCUT2D eigenvalue weighted by Crippen LogP contribution is 2.30. The van der Waals surface area contributed by atoms with Gasteiger partial charge in [-0.3, -0.25) is 19.7 Å². The Morgan fingerprint density at radius 2 is 1.73 bits per heavy atom. The predicted molar refractivity (Wildman–Crippen MR) is 110 cm³/mol. The topological polar surface area (TPSA) is 117 Å². The molecule has 160 valence electrons. The zero-order valence-corrected chi connectivity index (χ0v) is 17.1. The molecular formula is C21H24N2O7. The van der Waals surface area contributed by atoms with Crippen molar-refractivity contribution in [3.63, 3.8) is 0 Å². The van der Waals surface area contributed by atoms with E-state index in [1.165, 1.54) is 6.07 Å². The standard InChI is InChI=1S/C21H24N2O7/c1-14-6-11-18(23(26)27)21(15(14)2)22-19(24)13-30-20(25)5-4-12-29-17-9-7-16(28-3)8-10-17/h6-11H,4-5,12-13H2,1-3H3,(H,22,24). The second-order valence-corrected chi connectivity index (χ2v) is 6.50. The van der Waals surface area contributed by atoms with Crippen LogP contribution in [-0.2, 0) is 14.3 Å². The molecule has 9 nitrogen and oxygen atoms in total. The number of nitro groups is 1. The molecule has 9 heteroatoms. The van der Waals surface area contributed by atoms with Crippen LogP contribution >= 0.6 is 0 Å². The maximum absolute atomic E-state index is 12.1. The number of amides is 1. The molecule has 0 fully saturated rings. The Morgan fingerprint density at radius 3 is 2.37 bits per heavy atom. The number of nitrogens with one attached hydrogen (secondary N) is 1. The number of anilines is 1. The lowest BCUT2D eigenvalue weighted by molar-refractivity contribution is -0.384. The normalized spacial score (nSPS) is 10.2. The summed E-state index contributed by atoms with van der Waals surface area (Å²) in [7, 11) is 1.57. The first-order chi connectivity index (χ1) is 14.3. The Kier molecular flexibility index (Phi) is 8.16. The summed E-state index contributed by atoms with van der Waals surface area (Å²) in [5.41, 5.74) is 1.27. The molecule has 0 saturated heterocycles. The number of rotatable bonds is 10. The van der Waals surface area contributed by atoms with Crippen molar-refractivity contribution in [2.24, 2.45) is 0 Å². The quantitative estimate of drug-likeness (QED) is 0.272. The second-order valence-electron chi connectivity index (χ2n) is 6.50. The van der Waals surface area contributed by atoms with Gasteiger partial charge in [-0.25, -0.2) is 0 Å². The molecule has 1 amide bonds. The fraction of sp³-hybridized carbons (Fsp3) is 0.333. The average molecular weight is 416 g/mol. The van der Waals surface area contributed by atoms with E-state index in [0.29, 0.717) is 24.3 Å². The Balaban J connectivity index is 1.75. The molecule has 0 aliphatic rings. The zero-order chi connectivity index (χ0) is 22.1. The van der Waals surface area contributed by atoms with Gasteiger partial charge < -0.3 is 19.5 Å². The summed E-state index contributed by atoms with van der Waals surface area (Å²) < 4.78 is 15.5. The lowest BCUT2D eigenvalue weighted by Crippen LogP contribution is -2.22. The van der Waals surface area contributed by atoms with E-state index in [1.54, 1.807) is 51.3 Å². The van der Waals surface area contributed by atoms with Crippen LogP contribution in [0.25, 0.3) is 0 Å². The Labute approximate surface area is 174 Å². The minimum absolute atomic E-state index is 0.0764. The van der Waals surface area contributed by atoms with Crippen LogP contribution in [-0.4, -0.2) is 37.1 Å². The van der Waals surface area contributed by atoms with E-state index in [1.807, 2.05) is 0 Å². The third-order valence-electron chi connectivity index (χ3n) is 4.39. The molecule has 0 aliphatic carbocycles. The number of carbonyl (C=O) groups is 2. The van der Waals surface area contributed by atoms with Gasteiger partial charge in [-0.2, -0.15) is 0 Å². The monoisotopic (exact) mass is 416 g/mol. The summed E-state index contributed by atoms with van der Waals surface area (Å²) in [5.74, 6) is 0.169. The zero-order valence-electron chi connectivity index (χ0n) is 17.1. The van der Waals surface area contributed by atoms with Crippen LogP contribution in [0.3, 0.4) is 0 Å². The molecule has 0 aliphatic heterocycles. The van der Waals surface area contributed by atoms with E-state index in [4.69, 9.17) is 14.2 Å². The summed E-state index contributed by atoms with van der Waals surface area (Å²) in [6.45, 7) is 3.24. The molecular weight excluding hydrogens is 392 g/mol. The number of esters is 1. The molecule has 30 heavy (non-hydrogen) atoms. The van der Waals surface area contributed by atoms with Crippen LogP contribution in [0.5, 0.6) is 11.5 Å². The molecule has 1 N–H and O–H groups in total. The molecule has 0 atom stereocenters. The first-order valence-electron chi connectivity index (χ1n) is 9.28. The molecule has 0 bridgehead atoms. The Morgan fingerprint density at radius 1 is 1.07 bits per heavy atom. The Hall–Kier alpha value is -3.62. The molecule has 0 saturated carbocycles. The van der Waals surface area contributed by atoms with Crippen LogP contribution < -0.4 is 14.8 Å². The van der Waals surface area contributed by atoms with Gasteiger partial charge in [-0.05, 0) is 55.7 Å². The molecule has 2 rings (SSSR count). The first-order valence-corrected chi connectivity index (χ1v) is 9.28. The minimum Gasteiger partial charge on any atom is -0.497 e. The van der Waals surface area contributed by atoms with Gasteiger partial charge in [0.15, 0.2) is 6.61 Å². The molecule has 2 aromatic rings. The van der Waals surface area contributed by atoms with Crippen molar-refractivity contribution in [1.82, 2.24) is 0 Å². The van der Waals surface area contributed by atoms with Gasteiger partial charge in [0.1, 0.15) is 17.2 Å². The van der Waals surface area contributed by atoms with E-state index in [-0.39, 0.29) is 17.8 Å². The van der Waals surface area contributed by atoms with Crippen molar-refractivity contribution >= 4 is 23.3 Å². The number of methoxy groups -OCH3 is 1. The minimum atomic E-state index is -0.644. The number of nitro benzene ring substituents is 1. The van der Waals surface area contributed by atoms with Crippen LogP contribution in [0, 0.1) is 24.0 Å². The maximum Gasteiger partial charge on any atom is 0.306 e. The first kappa shape index (κ1) is 22.7. The second kappa shape index (κ2) is 10.8. The summed E-state index contributed by atoms with van der Waals surface area (Å²) in [6.07, 6.45) is 0.488. The number of aryl methyl sites for hydroxylation is 1. The molecule has 0 radical (unpaired) electrons. The van der Waals surface area contributed by atoms with Crippen LogP contribution in [0.1, 0.15) is 24.0 Å². The molecule has 0 spiro atoms. The van der Waals surface area contributed by atoms with Crippen LogP contribution in [0.4, 0.5) is 11.4 Å². The van der Waals surface area contributed by atoms with Gasteiger partial charge in [0, 0.05) is 12.5 Å². The predicted octanol–water partition coefficient (Wildman–Crippen LogP) is 3.56. The number of carbonyl (C=O) groups excluding carboxylic acids is 2.